The van der Waals surface area contributed by atoms with Crippen LogP contribution in [0.15, 0.2) is 5.16 Å². The van der Waals surface area contributed by atoms with E-state index in [4.69, 9.17) is 10.9 Å². The molecular formula is C16H27N3O2. The zero-order valence-corrected chi connectivity index (χ0v) is 13.1. The third-order valence-corrected chi connectivity index (χ3v) is 6.30. The summed E-state index contributed by atoms with van der Waals surface area (Å²) in [7, 11) is 0. The standard InChI is InChI=1S/C16H27N3O2/c1-3-15(2,13(17)19-21)14(20)18-16-7-10-4-11(8-16)6-12(5-10)9-16/h10-12,21H,3-9H2,1-2H3,(H2,17,19)(H,18,20). The Kier molecular flexibility index (Phi) is 3.41. The molecule has 4 fully saturated rings. The van der Waals surface area contributed by atoms with Gasteiger partial charge in [-0.1, -0.05) is 12.1 Å². The summed E-state index contributed by atoms with van der Waals surface area (Å²) in [6.45, 7) is 3.66. The van der Waals surface area contributed by atoms with Crippen LogP contribution in [-0.2, 0) is 4.79 Å². The Morgan fingerprint density at radius 1 is 1.29 bits per heavy atom. The van der Waals surface area contributed by atoms with Gasteiger partial charge in [0.25, 0.3) is 0 Å². The number of nitrogens with two attached hydrogens (primary N) is 1. The van der Waals surface area contributed by atoms with E-state index in [1.165, 1.54) is 19.3 Å². The molecule has 1 unspecified atom stereocenters. The van der Waals surface area contributed by atoms with Gasteiger partial charge in [0.1, 0.15) is 5.41 Å². The van der Waals surface area contributed by atoms with Crippen molar-refractivity contribution >= 4 is 11.7 Å². The van der Waals surface area contributed by atoms with Gasteiger partial charge in [0, 0.05) is 5.54 Å². The van der Waals surface area contributed by atoms with Crippen molar-refractivity contribution in [2.24, 2.45) is 34.1 Å². The Morgan fingerprint density at radius 2 is 1.76 bits per heavy atom. The minimum Gasteiger partial charge on any atom is -0.409 e. The van der Waals surface area contributed by atoms with Crippen LogP contribution in [0.1, 0.15) is 58.8 Å². The van der Waals surface area contributed by atoms with Crippen LogP contribution in [0, 0.1) is 23.2 Å². The molecule has 4 N–H and O–H groups in total. The fourth-order valence-corrected chi connectivity index (χ4v) is 5.21. The number of hydrogen-bond donors (Lipinski definition) is 3. The van der Waals surface area contributed by atoms with E-state index in [2.05, 4.69) is 10.5 Å². The van der Waals surface area contributed by atoms with Crippen LogP contribution in [0.3, 0.4) is 0 Å². The topological polar surface area (TPSA) is 87.7 Å². The van der Waals surface area contributed by atoms with E-state index >= 15 is 0 Å². The summed E-state index contributed by atoms with van der Waals surface area (Å²) in [5, 5.41) is 15.4. The average Bonchev–Trinajstić information content (AvgIpc) is 2.43. The van der Waals surface area contributed by atoms with E-state index in [0.29, 0.717) is 6.42 Å². The zero-order chi connectivity index (χ0) is 15.3. The van der Waals surface area contributed by atoms with Crippen LogP contribution in [0.5, 0.6) is 0 Å². The Labute approximate surface area is 126 Å². The molecule has 4 rings (SSSR count). The molecule has 118 valence electrons. The summed E-state index contributed by atoms with van der Waals surface area (Å²) >= 11 is 0. The summed E-state index contributed by atoms with van der Waals surface area (Å²) < 4.78 is 0. The molecule has 0 heterocycles. The van der Waals surface area contributed by atoms with Crippen molar-refractivity contribution in [3.63, 3.8) is 0 Å². The maximum absolute atomic E-state index is 12.8. The summed E-state index contributed by atoms with van der Waals surface area (Å²) in [5.41, 5.74) is 4.82. The zero-order valence-electron chi connectivity index (χ0n) is 13.1. The first kappa shape index (κ1) is 14.7. The number of nitrogens with zero attached hydrogens (tertiary/aromatic N) is 1. The van der Waals surface area contributed by atoms with Gasteiger partial charge in [0.15, 0.2) is 5.84 Å². The minimum atomic E-state index is -0.919. The quantitative estimate of drug-likeness (QED) is 0.321. The highest BCUT2D eigenvalue weighted by Crippen LogP contribution is 2.55. The molecule has 4 saturated carbocycles. The van der Waals surface area contributed by atoms with Crippen molar-refractivity contribution < 1.29 is 10.0 Å². The van der Waals surface area contributed by atoms with E-state index in [1.807, 2.05) is 6.92 Å². The van der Waals surface area contributed by atoms with Crippen molar-refractivity contribution in [3.8, 4) is 0 Å². The third-order valence-electron chi connectivity index (χ3n) is 6.30. The van der Waals surface area contributed by atoms with Crippen molar-refractivity contribution in [1.82, 2.24) is 5.32 Å². The molecule has 4 aliphatic rings. The van der Waals surface area contributed by atoms with E-state index < -0.39 is 5.41 Å². The Balaban J connectivity index is 1.78. The summed E-state index contributed by atoms with van der Waals surface area (Å²) in [4.78, 5) is 12.8. The van der Waals surface area contributed by atoms with Crippen LogP contribution in [0.25, 0.3) is 0 Å². The molecule has 1 amide bonds. The molecule has 5 heteroatoms. The van der Waals surface area contributed by atoms with Gasteiger partial charge in [-0.15, -0.1) is 0 Å². The van der Waals surface area contributed by atoms with Gasteiger partial charge >= 0.3 is 0 Å². The molecule has 4 aliphatic carbocycles. The highest BCUT2D eigenvalue weighted by atomic mass is 16.4. The number of nitrogens with one attached hydrogen (secondary N) is 1. The Morgan fingerprint density at radius 3 is 2.14 bits per heavy atom. The average molecular weight is 293 g/mol. The second-order valence-electron chi connectivity index (χ2n) is 7.82. The first-order valence-electron chi connectivity index (χ1n) is 8.21. The third kappa shape index (κ3) is 2.30. The smallest absolute Gasteiger partial charge is 0.234 e. The summed E-state index contributed by atoms with van der Waals surface area (Å²) in [6.07, 6.45) is 7.91. The molecule has 1 atom stereocenters. The molecule has 0 spiro atoms. The van der Waals surface area contributed by atoms with Gasteiger partial charge in [0.05, 0.1) is 0 Å². The SMILES string of the molecule is CCC(C)(C(=O)NC12CC3CC(CC(C3)C1)C2)C(N)=NO. The second-order valence-corrected chi connectivity index (χ2v) is 7.82. The monoisotopic (exact) mass is 293 g/mol. The number of rotatable bonds is 4. The maximum Gasteiger partial charge on any atom is 0.234 e. The first-order valence-corrected chi connectivity index (χ1v) is 8.21. The lowest BCUT2D eigenvalue weighted by molar-refractivity contribution is -0.133. The molecular weight excluding hydrogens is 266 g/mol. The van der Waals surface area contributed by atoms with Crippen molar-refractivity contribution in [2.45, 2.75) is 64.3 Å². The molecule has 21 heavy (non-hydrogen) atoms. The molecule has 0 aromatic heterocycles. The van der Waals surface area contributed by atoms with E-state index in [1.54, 1.807) is 6.92 Å². The van der Waals surface area contributed by atoms with Gasteiger partial charge in [-0.2, -0.15) is 0 Å². The van der Waals surface area contributed by atoms with Gasteiger partial charge < -0.3 is 16.3 Å². The summed E-state index contributed by atoms with van der Waals surface area (Å²) in [6, 6.07) is 0. The molecule has 0 saturated heterocycles. The molecule has 0 radical (unpaired) electrons. The molecule has 0 aromatic carbocycles. The second kappa shape index (κ2) is 4.89. The van der Waals surface area contributed by atoms with Crippen LogP contribution in [0.4, 0.5) is 0 Å². The lowest BCUT2D eigenvalue weighted by atomic mass is 9.53. The number of amidine groups is 1. The predicted molar refractivity (Wildman–Crippen MR) is 80.9 cm³/mol. The van der Waals surface area contributed by atoms with E-state index in [-0.39, 0.29) is 17.3 Å². The van der Waals surface area contributed by atoms with Crippen molar-refractivity contribution in [2.75, 3.05) is 0 Å². The van der Waals surface area contributed by atoms with Crippen LogP contribution >= 0.6 is 0 Å². The van der Waals surface area contributed by atoms with Crippen molar-refractivity contribution in [1.29, 1.82) is 0 Å². The number of amides is 1. The lowest BCUT2D eigenvalue weighted by Gasteiger charge is -2.57. The van der Waals surface area contributed by atoms with Gasteiger partial charge in [-0.05, 0) is 69.6 Å². The molecule has 0 aliphatic heterocycles. The maximum atomic E-state index is 12.8. The Bertz CT molecular complexity index is 439. The predicted octanol–water partition coefficient (Wildman–Crippen LogP) is 2.23. The fourth-order valence-electron chi connectivity index (χ4n) is 5.21. The first-order chi connectivity index (χ1) is 9.90. The number of carbonyl (C=O) groups excluding carboxylic acids is 1. The highest BCUT2D eigenvalue weighted by molar-refractivity contribution is 6.06. The Hall–Kier alpha value is -1.26. The number of carbonyl (C=O) groups is 1. The lowest BCUT2D eigenvalue weighted by Crippen LogP contribution is -2.63. The van der Waals surface area contributed by atoms with Crippen LogP contribution in [0.2, 0.25) is 0 Å². The van der Waals surface area contributed by atoms with Crippen LogP contribution in [-0.4, -0.2) is 22.5 Å². The fraction of sp³-hybridized carbons (Fsp3) is 0.875. The summed E-state index contributed by atoms with van der Waals surface area (Å²) in [5.74, 6) is 2.28. The molecule has 0 aromatic rings. The number of hydrogen-bond acceptors (Lipinski definition) is 3. The van der Waals surface area contributed by atoms with Gasteiger partial charge in [0.2, 0.25) is 5.91 Å². The molecule has 4 bridgehead atoms. The van der Waals surface area contributed by atoms with E-state index in [9.17, 15) is 4.79 Å². The normalized spacial score (nSPS) is 40.9. The molecule has 5 nitrogen and oxygen atoms in total. The highest BCUT2D eigenvalue weighted by Gasteiger charge is 2.53. The minimum absolute atomic E-state index is 0.00669. The van der Waals surface area contributed by atoms with Crippen LogP contribution < -0.4 is 11.1 Å². The van der Waals surface area contributed by atoms with Crippen molar-refractivity contribution in [3.05, 3.63) is 0 Å². The van der Waals surface area contributed by atoms with Gasteiger partial charge in [-0.25, -0.2) is 0 Å². The number of oxime groups is 1. The largest absolute Gasteiger partial charge is 0.409 e. The van der Waals surface area contributed by atoms with E-state index in [0.717, 1.165) is 37.0 Å². The van der Waals surface area contributed by atoms with Gasteiger partial charge in [-0.3, -0.25) is 4.79 Å².